The van der Waals surface area contributed by atoms with E-state index in [0.29, 0.717) is 10.6 Å². The van der Waals surface area contributed by atoms with Crippen molar-refractivity contribution in [1.29, 1.82) is 0 Å². The molecule has 11 heteroatoms. The highest BCUT2D eigenvalue weighted by atomic mass is 19.4. The molecule has 0 aromatic carbocycles. The Hall–Kier alpha value is -3.11. The maximum atomic E-state index is 12.8. The molecule has 28 heavy (non-hydrogen) atoms. The van der Waals surface area contributed by atoms with Crippen LogP contribution in [0.5, 0.6) is 5.75 Å². The standard InChI is InChI=1S/C17H18F3N3O5/c1-16(2,3)28-10(24)7-21-14(26)11-12(25)8-5-6-9(17(18,19)20)22-13(8)23(4)15(11)27/h5-6,25H,7H2,1-4H3,(H,21,26). The average molecular weight is 401 g/mol. The van der Waals surface area contributed by atoms with Gasteiger partial charge in [-0.05, 0) is 32.9 Å². The number of carbonyl (C=O) groups excluding carboxylic acids is 2. The van der Waals surface area contributed by atoms with Gasteiger partial charge in [-0.15, -0.1) is 0 Å². The molecule has 1 amide bonds. The predicted octanol–water partition coefficient (Wildman–Crippen LogP) is 1.73. The molecule has 0 fully saturated rings. The highest BCUT2D eigenvalue weighted by Gasteiger charge is 2.33. The number of hydrogen-bond acceptors (Lipinski definition) is 6. The van der Waals surface area contributed by atoms with Gasteiger partial charge in [0, 0.05) is 7.05 Å². The summed E-state index contributed by atoms with van der Waals surface area (Å²) in [5, 5.41) is 12.2. The quantitative estimate of drug-likeness (QED) is 0.758. The third-order valence-electron chi connectivity index (χ3n) is 3.53. The summed E-state index contributed by atoms with van der Waals surface area (Å²) in [6.45, 7) is 4.31. The van der Waals surface area contributed by atoms with E-state index in [9.17, 15) is 32.7 Å². The first-order valence-electron chi connectivity index (χ1n) is 8.02. The van der Waals surface area contributed by atoms with Crippen LogP contribution in [0.25, 0.3) is 11.0 Å². The number of aryl methyl sites for hydroxylation is 1. The molecule has 8 nitrogen and oxygen atoms in total. The third kappa shape index (κ3) is 4.41. The molecule has 0 spiro atoms. The average Bonchev–Trinajstić information content (AvgIpc) is 2.55. The Morgan fingerprint density at radius 3 is 2.39 bits per heavy atom. The molecule has 2 N–H and O–H groups in total. The first-order chi connectivity index (χ1) is 12.7. The normalized spacial score (nSPS) is 12.1. The van der Waals surface area contributed by atoms with Crippen molar-refractivity contribution >= 4 is 22.9 Å². The van der Waals surface area contributed by atoms with Crippen molar-refractivity contribution in [3.63, 3.8) is 0 Å². The minimum Gasteiger partial charge on any atom is -0.506 e. The second kappa shape index (κ2) is 7.13. The molecule has 2 heterocycles. The minimum absolute atomic E-state index is 0.225. The van der Waals surface area contributed by atoms with Gasteiger partial charge in [-0.2, -0.15) is 13.2 Å². The van der Waals surface area contributed by atoms with Crippen LogP contribution in [0.15, 0.2) is 16.9 Å². The Bertz CT molecular complexity index is 1010. The SMILES string of the molecule is Cn1c(=O)c(C(=O)NCC(=O)OC(C)(C)C)c(O)c2ccc(C(F)(F)F)nc21. The maximum absolute atomic E-state index is 12.8. The Labute approximate surface area is 156 Å². The first-order valence-corrected chi connectivity index (χ1v) is 8.02. The molecule has 152 valence electrons. The van der Waals surface area contributed by atoms with E-state index < -0.39 is 58.4 Å². The van der Waals surface area contributed by atoms with Crippen molar-refractivity contribution in [2.45, 2.75) is 32.5 Å². The molecule has 0 atom stereocenters. The Morgan fingerprint density at radius 1 is 1.25 bits per heavy atom. The Morgan fingerprint density at radius 2 is 1.86 bits per heavy atom. The number of aromatic hydroxyl groups is 1. The summed E-state index contributed by atoms with van der Waals surface area (Å²) in [7, 11) is 1.11. The molecule has 2 aromatic heterocycles. The summed E-state index contributed by atoms with van der Waals surface area (Å²) in [6.07, 6.45) is -4.75. The van der Waals surface area contributed by atoms with E-state index in [0.717, 1.165) is 13.1 Å². The molecule has 0 saturated heterocycles. The number of esters is 1. The lowest BCUT2D eigenvalue weighted by molar-refractivity contribution is -0.153. The monoisotopic (exact) mass is 401 g/mol. The summed E-state index contributed by atoms with van der Waals surface area (Å²) in [5.74, 6) is -2.68. The topological polar surface area (TPSA) is 111 Å². The van der Waals surface area contributed by atoms with Crippen LogP contribution >= 0.6 is 0 Å². The lowest BCUT2D eigenvalue weighted by Crippen LogP contribution is -2.37. The van der Waals surface area contributed by atoms with Crippen LogP contribution in [0.4, 0.5) is 13.2 Å². The van der Waals surface area contributed by atoms with Crippen molar-refractivity contribution in [3.8, 4) is 5.75 Å². The number of amides is 1. The van der Waals surface area contributed by atoms with Crippen LogP contribution in [0, 0.1) is 0 Å². The molecule has 2 rings (SSSR count). The van der Waals surface area contributed by atoms with Crippen molar-refractivity contribution in [1.82, 2.24) is 14.9 Å². The van der Waals surface area contributed by atoms with Gasteiger partial charge in [0.15, 0.2) is 0 Å². The van der Waals surface area contributed by atoms with Crippen LogP contribution in [-0.4, -0.2) is 38.7 Å². The Kier molecular flexibility index (Phi) is 5.40. The fourth-order valence-electron chi connectivity index (χ4n) is 2.37. The zero-order chi connectivity index (χ0) is 21.4. The minimum atomic E-state index is -4.75. The second-order valence-electron chi connectivity index (χ2n) is 6.92. The Balaban J connectivity index is 2.42. The molecular weight excluding hydrogens is 383 g/mol. The number of pyridine rings is 2. The van der Waals surface area contributed by atoms with Crippen LogP contribution in [0.3, 0.4) is 0 Å². The highest BCUT2D eigenvalue weighted by Crippen LogP contribution is 2.31. The summed E-state index contributed by atoms with van der Waals surface area (Å²) in [6, 6.07) is 1.53. The van der Waals surface area contributed by atoms with Gasteiger partial charge in [-0.25, -0.2) is 4.98 Å². The van der Waals surface area contributed by atoms with Crippen LogP contribution in [0.1, 0.15) is 36.8 Å². The van der Waals surface area contributed by atoms with Crippen LogP contribution in [0.2, 0.25) is 0 Å². The fourth-order valence-corrected chi connectivity index (χ4v) is 2.37. The van der Waals surface area contributed by atoms with Gasteiger partial charge in [-0.1, -0.05) is 0 Å². The summed E-state index contributed by atoms with van der Waals surface area (Å²) >= 11 is 0. The van der Waals surface area contributed by atoms with Crippen molar-refractivity contribution in [2.75, 3.05) is 6.54 Å². The zero-order valence-electron chi connectivity index (χ0n) is 15.5. The number of rotatable bonds is 3. The molecule has 0 radical (unpaired) electrons. The van der Waals surface area contributed by atoms with E-state index in [4.69, 9.17) is 4.74 Å². The van der Waals surface area contributed by atoms with Crippen LogP contribution in [-0.2, 0) is 22.8 Å². The number of carbonyl (C=O) groups is 2. The van der Waals surface area contributed by atoms with E-state index in [1.54, 1.807) is 20.8 Å². The van der Waals surface area contributed by atoms with Gasteiger partial charge < -0.3 is 15.2 Å². The lowest BCUT2D eigenvalue weighted by Gasteiger charge is -2.19. The van der Waals surface area contributed by atoms with E-state index in [-0.39, 0.29) is 5.39 Å². The van der Waals surface area contributed by atoms with Crippen molar-refractivity contribution in [3.05, 3.63) is 33.7 Å². The molecular formula is C17H18F3N3O5. The molecule has 0 saturated carbocycles. The number of nitrogens with one attached hydrogen (secondary N) is 1. The molecule has 0 aliphatic heterocycles. The smallest absolute Gasteiger partial charge is 0.433 e. The summed E-state index contributed by atoms with van der Waals surface area (Å²) in [5.41, 5.74) is -4.28. The third-order valence-corrected chi connectivity index (χ3v) is 3.53. The molecule has 0 bridgehead atoms. The second-order valence-corrected chi connectivity index (χ2v) is 6.92. The van der Waals surface area contributed by atoms with Gasteiger partial charge in [0.05, 0.1) is 5.39 Å². The molecule has 0 aliphatic carbocycles. The molecule has 0 unspecified atom stereocenters. The number of ether oxygens (including phenoxy) is 1. The van der Waals surface area contributed by atoms with E-state index in [1.165, 1.54) is 0 Å². The number of fused-ring (bicyclic) bond motifs is 1. The van der Waals surface area contributed by atoms with Crippen molar-refractivity contribution in [2.24, 2.45) is 7.05 Å². The largest absolute Gasteiger partial charge is 0.506 e. The zero-order valence-corrected chi connectivity index (χ0v) is 15.5. The number of hydrogen-bond donors (Lipinski definition) is 2. The number of halogens is 3. The lowest BCUT2D eigenvalue weighted by atomic mass is 10.1. The summed E-state index contributed by atoms with van der Waals surface area (Å²) in [4.78, 5) is 39.7. The van der Waals surface area contributed by atoms with Gasteiger partial charge in [-0.3, -0.25) is 19.0 Å². The number of nitrogens with zero attached hydrogens (tertiary/aromatic N) is 2. The van der Waals surface area contributed by atoms with Crippen molar-refractivity contribution < 1.29 is 32.6 Å². The first kappa shape index (κ1) is 21.2. The van der Waals surface area contributed by atoms with Gasteiger partial charge >= 0.3 is 12.1 Å². The van der Waals surface area contributed by atoms with E-state index in [2.05, 4.69) is 10.3 Å². The number of aromatic nitrogens is 2. The highest BCUT2D eigenvalue weighted by molar-refractivity contribution is 6.02. The maximum Gasteiger partial charge on any atom is 0.433 e. The van der Waals surface area contributed by atoms with E-state index in [1.807, 2.05) is 0 Å². The molecule has 0 aliphatic rings. The van der Waals surface area contributed by atoms with Gasteiger partial charge in [0.2, 0.25) is 0 Å². The predicted molar refractivity (Wildman–Crippen MR) is 91.8 cm³/mol. The van der Waals surface area contributed by atoms with E-state index >= 15 is 0 Å². The molecule has 2 aromatic rings. The number of alkyl halides is 3. The van der Waals surface area contributed by atoms with Gasteiger partial charge in [0.1, 0.15) is 34.8 Å². The van der Waals surface area contributed by atoms with Gasteiger partial charge in [0.25, 0.3) is 11.5 Å². The fraction of sp³-hybridized carbons (Fsp3) is 0.412. The van der Waals surface area contributed by atoms with Crippen LogP contribution < -0.4 is 10.9 Å². The summed E-state index contributed by atoms with van der Waals surface area (Å²) < 4.78 is 44.2.